The van der Waals surface area contributed by atoms with Gasteiger partial charge in [0.1, 0.15) is 11.2 Å². The van der Waals surface area contributed by atoms with E-state index in [1.807, 2.05) is 60.7 Å². The molecule has 0 unspecified atom stereocenters. The van der Waals surface area contributed by atoms with Crippen molar-refractivity contribution >= 4 is 21.9 Å². The Balaban J connectivity index is 1.10. The van der Waals surface area contributed by atoms with E-state index in [0.29, 0.717) is 17.5 Å². The maximum Gasteiger partial charge on any atom is 0.164 e. The molecule has 0 fully saturated rings. The molecule has 1 aliphatic rings. The zero-order chi connectivity index (χ0) is 37.1. The Hall–Kier alpha value is -7.43. The lowest BCUT2D eigenvalue weighted by Gasteiger charge is -2.34. The smallest absolute Gasteiger partial charge is 0.164 e. The molecule has 56 heavy (non-hydrogen) atoms. The summed E-state index contributed by atoms with van der Waals surface area (Å²) in [5.74, 6) is 1.82. The predicted molar refractivity (Wildman–Crippen MR) is 226 cm³/mol. The van der Waals surface area contributed by atoms with Crippen molar-refractivity contribution in [2.24, 2.45) is 0 Å². The number of fused-ring (bicyclic) bond motifs is 6. The summed E-state index contributed by atoms with van der Waals surface area (Å²) in [4.78, 5) is 15.4. The van der Waals surface area contributed by atoms with Crippen LogP contribution in [0.15, 0.2) is 205 Å². The van der Waals surface area contributed by atoms with Crippen LogP contribution in [-0.4, -0.2) is 15.0 Å². The molecule has 0 amide bonds. The molecule has 2 aromatic heterocycles. The Morgan fingerprint density at radius 1 is 0.339 bits per heavy atom. The van der Waals surface area contributed by atoms with E-state index in [1.165, 1.54) is 33.4 Å². The summed E-state index contributed by atoms with van der Waals surface area (Å²) in [7, 11) is 0. The van der Waals surface area contributed by atoms with Gasteiger partial charge >= 0.3 is 0 Å². The molecule has 4 heteroatoms. The maximum atomic E-state index is 6.26. The van der Waals surface area contributed by atoms with Crippen LogP contribution in [0.3, 0.4) is 0 Å². The third-order valence-corrected chi connectivity index (χ3v) is 11.2. The topological polar surface area (TPSA) is 51.8 Å². The molecule has 0 saturated carbocycles. The van der Waals surface area contributed by atoms with Crippen LogP contribution >= 0.6 is 0 Å². The first kappa shape index (κ1) is 32.0. The molecule has 0 radical (unpaired) electrons. The fourth-order valence-corrected chi connectivity index (χ4v) is 8.76. The normalized spacial score (nSPS) is 12.8. The zero-order valence-electron chi connectivity index (χ0n) is 30.3. The average molecular weight is 716 g/mol. The van der Waals surface area contributed by atoms with Crippen molar-refractivity contribution in [1.82, 2.24) is 15.0 Å². The number of hydrogen-bond donors (Lipinski definition) is 0. The largest absolute Gasteiger partial charge is 0.456 e. The fraction of sp³-hybridized carbons (Fsp3) is 0.0192. The third-order valence-electron chi connectivity index (χ3n) is 11.2. The van der Waals surface area contributed by atoms with E-state index in [4.69, 9.17) is 19.4 Å². The van der Waals surface area contributed by atoms with Crippen molar-refractivity contribution in [2.75, 3.05) is 0 Å². The maximum absolute atomic E-state index is 6.26. The Morgan fingerprint density at radius 2 is 0.875 bits per heavy atom. The van der Waals surface area contributed by atoms with Crippen molar-refractivity contribution in [1.29, 1.82) is 0 Å². The Bertz CT molecular complexity index is 3040. The fourth-order valence-electron chi connectivity index (χ4n) is 8.76. The summed E-state index contributed by atoms with van der Waals surface area (Å²) >= 11 is 0. The molecule has 0 aliphatic heterocycles. The van der Waals surface area contributed by atoms with Crippen molar-refractivity contribution in [3.05, 3.63) is 222 Å². The molecule has 11 rings (SSSR count). The minimum absolute atomic E-state index is 0.478. The monoisotopic (exact) mass is 715 g/mol. The number of hydrogen-bond acceptors (Lipinski definition) is 4. The summed E-state index contributed by atoms with van der Waals surface area (Å²) in [6.45, 7) is 0. The highest BCUT2D eigenvalue weighted by molar-refractivity contribution is 6.11. The number of benzene rings is 8. The second-order valence-corrected chi connectivity index (χ2v) is 14.3. The second-order valence-electron chi connectivity index (χ2n) is 14.3. The number of furan rings is 1. The van der Waals surface area contributed by atoms with E-state index < -0.39 is 5.41 Å². The highest BCUT2D eigenvalue weighted by Crippen LogP contribution is 2.56. The molecule has 0 saturated heterocycles. The summed E-state index contributed by atoms with van der Waals surface area (Å²) in [5, 5.41) is 2.02. The van der Waals surface area contributed by atoms with Crippen molar-refractivity contribution < 1.29 is 4.42 Å². The minimum Gasteiger partial charge on any atom is -0.456 e. The molecular formula is C52H33N3O. The highest BCUT2D eigenvalue weighted by atomic mass is 16.3. The third kappa shape index (κ3) is 4.96. The summed E-state index contributed by atoms with van der Waals surface area (Å²) in [6, 6.07) is 70.6. The van der Waals surface area contributed by atoms with Crippen LogP contribution in [0.25, 0.3) is 78.4 Å². The highest BCUT2D eigenvalue weighted by Gasteiger charge is 2.46. The molecule has 2 heterocycles. The van der Waals surface area contributed by atoms with Gasteiger partial charge in [-0.25, -0.2) is 15.0 Å². The predicted octanol–water partition coefficient (Wildman–Crippen LogP) is 12.8. The zero-order valence-corrected chi connectivity index (χ0v) is 30.3. The molecule has 8 aromatic carbocycles. The standard InChI is InChI=1S/C52H33N3O/c1-4-16-34(17-5-1)49-53-50(55-51(54-49)43-26-15-29-47-48(43)42-25-11-13-28-46(42)56-47)37-19-14-18-35(32-37)36-30-31-41-40-24-10-12-27-44(40)52(45(41)33-36,38-20-6-2-7-21-38)39-22-8-3-9-23-39/h1-33H. The number of aromatic nitrogens is 3. The first-order chi connectivity index (χ1) is 27.8. The van der Waals surface area contributed by atoms with Crippen LogP contribution < -0.4 is 0 Å². The van der Waals surface area contributed by atoms with Gasteiger partial charge in [-0.15, -0.1) is 0 Å². The lowest BCUT2D eigenvalue weighted by molar-refractivity contribution is 0.669. The molecule has 0 atom stereocenters. The van der Waals surface area contributed by atoms with E-state index in [9.17, 15) is 0 Å². The number of nitrogens with zero attached hydrogens (tertiary/aromatic N) is 3. The lowest BCUT2D eigenvalue weighted by Crippen LogP contribution is -2.28. The Labute approximate surface area is 324 Å². The van der Waals surface area contributed by atoms with Crippen molar-refractivity contribution in [2.45, 2.75) is 5.41 Å². The number of rotatable bonds is 6. The Kier molecular flexibility index (Phi) is 7.36. The summed E-state index contributed by atoms with van der Waals surface area (Å²) in [5.41, 5.74) is 13.7. The van der Waals surface area contributed by atoms with Gasteiger partial charge in [0.15, 0.2) is 17.5 Å². The summed E-state index contributed by atoms with van der Waals surface area (Å²) < 4.78 is 6.26. The Morgan fingerprint density at radius 3 is 1.66 bits per heavy atom. The van der Waals surface area contributed by atoms with Crippen LogP contribution in [0.4, 0.5) is 0 Å². The van der Waals surface area contributed by atoms with Gasteiger partial charge in [0.2, 0.25) is 0 Å². The molecule has 4 nitrogen and oxygen atoms in total. The van der Waals surface area contributed by atoms with E-state index >= 15 is 0 Å². The van der Waals surface area contributed by atoms with E-state index in [2.05, 4.69) is 140 Å². The van der Waals surface area contributed by atoms with Gasteiger partial charge in [-0.2, -0.15) is 0 Å². The number of para-hydroxylation sites is 1. The lowest BCUT2D eigenvalue weighted by atomic mass is 9.67. The molecular weight excluding hydrogens is 683 g/mol. The minimum atomic E-state index is -0.478. The van der Waals surface area contributed by atoms with Gasteiger partial charge in [0.05, 0.1) is 5.41 Å². The first-order valence-electron chi connectivity index (χ1n) is 18.9. The van der Waals surface area contributed by atoms with Gasteiger partial charge < -0.3 is 4.42 Å². The van der Waals surface area contributed by atoms with Gasteiger partial charge in [-0.05, 0) is 68.8 Å². The van der Waals surface area contributed by atoms with Gasteiger partial charge in [0.25, 0.3) is 0 Å². The van der Waals surface area contributed by atoms with Crippen LogP contribution in [0, 0.1) is 0 Å². The van der Waals surface area contributed by atoms with Crippen LogP contribution in [0.5, 0.6) is 0 Å². The average Bonchev–Trinajstić information content (AvgIpc) is 3.81. The van der Waals surface area contributed by atoms with Gasteiger partial charge in [-0.1, -0.05) is 176 Å². The molecule has 0 spiro atoms. The molecule has 262 valence electrons. The van der Waals surface area contributed by atoms with Gasteiger partial charge in [-0.3, -0.25) is 0 Å². The summed E-state index contributed by atoms with van der Waals surface area (Å²) in [6.07, 6.45) is 0. The van der Waals surface area contributed by atoms with Crippen molar-refractivity contribution in [3.8, 4) is 56.4 Å². The van der Waals surface area contributed by atoms with E-state index in [-0.39, 0.29) is 0 Å². The quantitative estimate of drug-likeness (QED) is 0.172. The van der Waals surface area contributed by atoms with Gasteiger partial charge in [0, 0.05) is 27.5 Å². The molecule has 0 bridgehead atoms. The van der Waals surface area contributed by atoms with E-state index in [0.717, 1.165) is 49.8 Å². The van der Waals surface area contributed by atoms with Crippen LogP contribution in [-0.2, 0) is 5.41 Å². The van der Waals surface area contributed by atoms with Crippen LogP contribution in [0.1, 0.15) is 22.3 Å². The van der Waals surface area contributed by atoms with Crippen LogP contribution in [0.2, 0.25) is 0 Å². The second kappa shape index (κ2) is 12.9. The van der Waals surface area contributed by atoms with Crippen molar-refractivity contribution in [3.63, 3.8) is 0 Å². The van der Waals surface area contributed by atoms with E-state index in [1.54, 1.807) is 0 Å². The molecule has 10 aromatic rings. The molecule has 1 aliphatic carbocycles. The molecule has 0 N–H and O–H groups in total. The first-order valence-corrected chi connectivity index (χ1v) is 18.9. The SMILES string of the molecule is c1ccc(-c2nc(-c3cccc(-c4ccc5c(c4)C(c4ccccc4)(c4ccccc4)c4ccccc4-5)c3)nc(-c3cccc4oc5ccccc5c34)n2)cc1.